The van der Waals surface area contributed by atoms with Gasteiger partial charge in [0, 0.05) is 29.3 Å². The van der Waals surface area contributed by atoms with Gasteiger partial charge in [-0.3, -0.25) is 4.99 Å². The first-order valence-corrected chi connectivity index (χ1v) is 10.5. The lowest BCUT2D eigenvalue weighted by molar-refractivity contribution is 0.0505. The highest BCUT2D eigenvalue weighted by atomic mass is 79.9. The summed E-state index contributed by atoms with van der Waals surface area (Å²) in [7, 11) is 0. The van der Waals surface area contributed by atoms with Gasteiger partial charge in [0.2, 0.25) is 0 Å². The molecular weight excluding hydrogens is 460 g/mol. The number of esters is 1. The highest BCUT2D eigenvalue weighted by Gasteiger charge is 2.20. The fourth-order valence-electron chi connectivity index (χ4n) is 2.95. The van der Waals surface area contributed by atoms with Gasteiger partial charge in [-0.2, -0.15) is 0 Å². The largest absolute Gasteiger partial charge is 0.506 e. The highest BCUT2D eigenvalue weighted by Crippen LogP contribution is 2.31. The Labute approximate surface area is 183 Å². The summed E-state index contributed by atoms with van der Waals surface area (Å²) in [5.74, 6) is -0.426. The molecule has 2 aromatic carbocycles. The number of hydrogen-bond acceptors (Lipinski definition) is 6. The van der Waals surface area contributed by atoms with Gasteiger partial charge in [-0.05, 0) is 36.8 Å². The van der Waals surface area contributed by atoms with E-state index in [1.165, 1.54) is 6.21 Å². The Morgan fingerprint density at radius 1 is 1.34 bits per heavy atom. The van der Waals surface area contributed by atoms with Crippen LogP contribution in [-0.4, -0.2) is 50.2 Å². The minimum absolute atomic E-state index is 0.0499. The summed E-state index contributed by atoms with van der Waals surface area (Å²) < 4.78 is 11.5. The van der Waals surface area contributed by atoms with Gasteiger partial charge in [-0.25, -0.2) is 4.79 Å². The first kappa shape index (κ1) is 21.6. The number of hydrogen-bond donors (Lipinski definition) is 1. The number of halogens is 2. The van der Waals surface area contributed by atoms with Crippen molar-refractivity contribution < 1.29 is 19.4 Å². The Balaban J connectivity index is 1.92. The lowest BCUT2D eigenvalue weighted by Crippen LogP contribution is -2.37. The minimum atomic E-state index is -0.376. The van der Waals surface area contributed by atoms with E-state index in [-0.39, 0.29) is 16.7 Å². The SMILES string of the molecule is CCCOC(=O)c1cc(N=Cc2cc(Br)cc(Cl)c2O)ccc1N1CCOCC1. The zero-order valence-electron chi connectivity index (χ0n) is 16.0. The predicted molar refractivity (Wildman–Crippen MR) is 118 cm³/mol. The maximum Gasteiger partial charge on any atom is 0.340 e. The Kier molecular flexibility index (Phi) is 7.52. The lowest BCUT2D eigenvalue weighted by atomic mass is 10.1. The number of benzene rings is 2. The van der Waals surface area contributed by atoms with E-state index < -0.39 is 0 Å². The molecule has 0 amide bonds. The van der Waals surface area contributed by atoms with Crippen LogP contribution in [-0.2, 0) is 9.47 Å². The van der Waals surface area contributed by atoms with Crippen LogP contribution in [0.2, 0.25) is 5.02 Å². The molecular formula is C21H22BrClN2O4. The number of carbonyl (C=O) groups is 1. The Hall–Kier alpha value is -2.09. The predicted octanol–water partition coefficient (Wildman–Crippen LogP) is 4.96. The van der Waals surface area contributed by atoms with Gasteiger partial charge in [0.1, 0.15) is 5.75 Å². The summed E-state index contributed by atoms with van der Waals surface area (Å²) in [4.78, 5) is 19.2. The first-order valence-electron chi connectivity index (χ1n) is 9.35. The highest BCUT2D eigenvalue weighted by molar-refractivity contribution is 9.10. The molecule has 1 saturated heterocycles. The second-order valence-electron chi connectivity index (χ2n) is 6.52. The molecule has 0 aromatic heterocycles. The standard InChI is InChI=1S/C21H22BrClN2O4/c1-2-7-29-21(27)17-12-16(3-4-19(17)25-5-8-28-9-6-25)24-13-14-10-15(22)11-18(23)20(14)26/h3-4,10-13,26H,2,5-9H2,1H3. The molecule has 3 rings (SSSR count). The average Bonchev–Trinajstić information content (AvgIpc) is 2.74. The number of ether oxygens (including phenoxy) is 2. The van der Waals surface area contributed by atoms with E-state index in [2.05, 4.69) is 25.8 Å². The van der Waals surface area contributed by atoms with Crippen molar-refractivity contribution in [1.29, 1.82) is 0 Å². The van der Waals surface area contributed by atoms with E-state index in [1.807, 2.05) is 19.1 Å². The zero-order chi connectivity index (χ0) is 20.8. The summed E-state index contributed by atoms with van der Waals surface area (Å²) in [6.07, 6.45) is 2.26. The first-order chi connectivity index (χ1) is 14.0. The summed E-state index contributed by atoms with van der Waals surface area (Å²) in [6, 6.07) is 8.72. The van der Waals surface area contributed by atoms with Gasteiger partial charge in [-0.1, -0.05) is 34.5 Å². The lowest BCUT2D eigenvalue weighted by Gasteiger charge is -2.30. The number of aromatic hydroxyl groups is 1. The molecule has 2 aromatic rings. The van der Waals surface area contributed by atoms with Crippen LogP contribution in [0.1, 0.15) is 29.3 Å². The van der Waals surface area contributed by atoms with Crippen molar-refractivity contribution in [2.75, 3.05) is 37.8 Å². The number of rotatable bonds is 6. The molecule has 0 bridgehead atoms. The van der Waals surface area contributed by atoms with Gasteiger partial charge in [-0.15, -0.1) is 0 Å². The van der Waals surface area contributed by atoms with Crippen LogP contribution in [0, 0.1) is 0 Å². The topological polar surface area (TPSA) is 71.4 Å². The number of nitrogens with zero attached hydrogens (tertiary/aromatic N) is 2. The quantitative estimate of drug-likeness (QED) is 0.466. The molecule has 8 heteroatoms. The molecule has 0 aliphatic carbocycles. The van der Waals surface area contributed by atoms with Crippen molar-refractivity contribution >= 4 is 51.1 Å². The molecule has 0 spiro atoms. The average molecular weight is 482 g/mol. The molecule has 1 aliphatic rings. The summed E-state index contributed by atoms with van der Waals surface area (Å²) in [5.41, 5.74) is 2.31. The summed E-state index contributed by atoms with van der Waals surface area (Å²) in [5, 5.41) is 10.3. The number of aliphatic imine (C=N–C) groups is 1. The van der Waals surface area contributed by atoms with Crippen LogP contribution in [0.5, 0.6) is 5.75 Å². The van der Waals surface area contributed by atoms with E-state index in [4.69, 9.17) is 21.1 Å². The Bertz CT molecular complexity index is 914. The minimum Gasteiger partial charge on any atom is -0.506 e. The third kappa shape index (κ3) is 5.50. The van der Waals surface area contributed by atoms with Crippen molar-refractivity contribution in [3.8, 4) is 5.75 Å². The third-order valence-electron chi connectivity index (χ3n) is 4.40. The Morgan fingerprint density at radius 2 is 2.10 bits per heavy atom. The smallest absolute Gasteiger partial charge is 0.340 e. The second-order valence-corrected chi connectivity index (χ2v) is 7.84. The summed E-state index contributed by atoms with van der Waals surface area (Å²) in [6.45, 7) is 4.96. The van der Waals surface area contributed by atoms with Gasteiger partial charge in [0.05, 0.1) is 41.8 Å². The number of carbonyl (C=O) groups excluding carboxylic acids is 1. The third-order valence-corrected chi connectivity index (χ3v) is 5.15. The van der Waals surface area contributed by atoms with Crippen LogP contribution in [0.15, 0.2) is 39.8 Å². The number of phenolic OH excluding ortho intramolecular Hbond substituents is 1. The van der Waals surface area contributed by atoms with Crippen LogP contribution >= 0.6 is 27.5 Å². The maximum absolute atomic E-state index is 12.6. The maximum atomic E-state index is 12.6. The number of phenols is 1. The molecule has 1 N–H and O–H groups in total. The monoisotopic (exact) mass is 480 g/mol. The Morgan fingerprint density at radius 3 is 2.83 bits per heavy atom. The molecule has 0 atom stereocenters. The van der Waals surface area contributed by atoms with Crippen LogP contribution in [0.25, 0.3) is 0 Å². The van der Waals surface area contributed by atoms with E-state index >= 15 is 0 Å². The fourth-order valence-corrected chi connectivity index (χ4v) is 3.78. The normalized spacial score (nSPS) is 14.4. The van der Waals surface area contributed by atoms with Crippen molar-refractivity contribution in [2.45, 2.75) is 13.3 Å². The molecule has 1 aliphatic heterocycles. The van der Waals surface area contributed by atoms with Gasteiger partial charge < -0.3 is 19.5 Å². The number of anilines is 1. The van der Waals surface area contributed by atoms with Gasteiger partial charge >= 0.3 is 5.97 Å². The van der Waals surface area contributed by atoms with E-state index in [0.717, 1.165) is 16.6 Å². The van der Waals surface area contributed by atoms with Gasteiger partial charge in [0.15, 0.2) is 0 Å². The second kappa shape index (κ2) is 10.1. The van der Waals surface area contributed by atoms with Crippen molar-refractivity contribution in [3.05, 3.63) is 51.0 Å². The fraction of sp³-hybridized carbons (Fsp3) is 0.333. The molecule has 0 saturated carbocycles. The van der Waals surface area contributed by atoms with E-state index in [0.29, 0.717) is 49.7 Å². The van der Waals surface area contributed by atoms with Crippen molar-refractivity contribution in [2.24, 2.45) is 4.99 Å². The molecule has 1 heterocycles. The molecule has 154 valence electrons. The molecule has 0 radical (unpaired) electrons. The molecule has 29 heavy (non-hydrogen) atoms. The van der Waals surface area contributed by atoms with E-state index in [1.54, 1.807) is 18.2 Å². The van der Waals surface area contributed by atoms with Crippen LogP contribution in [0.3, 0.4) is 0 Å². The van der Waals surface area contributed by atoms with E-state index in [9.17, 15) is 9.90 Å². The van der Waals surface area contributed by atoms with Crippen LogP contribution < -0.4 is 4.90 Å². The van der Waals surface area contributed by atoms with Crippen LogP contribution in [0.4, 0.5) is 11.4 Å². The number of morpholine rings is 1. The van der Waals surface area contributed by atoms with Crippen molar-refractivity contribution in [3.63, 3.8) is 0 Å². The van der Waals surface area contributed by atoms with Gasteiger partial charge in [0.25, 0.3) is 0 Å². The summed E-state index contributed by atoms with van der Waals surface area (Å²) >= 11 is 9.35. The molecule has 0 unspecified atom stereocenters. The van der Waals surface area contributed by atoms with Crippen molar-refractivity contribution in [1.82, 2.24) is 0 Å². The molecule has 1 fully saturated rings. The zero-order valence-corrected chi connectivity index (χ0v) is 18.4. The molecule has 6 nitrogen and oxygen atoms in total.